The number of fused-ring (bicyclic) bond motifs is 3. The minimum Gasteiger partial charge on any atom is -0.278 e. The molecule has 2 aromatic heterocycles. The van der Waals surface area contributed by atoms with Gasteiger partial charge in [-0.3, -0.25) is 4.57 Å². The van der Waals surface area contributed by atoms with E-state index in [9.17, 15) is 0 Å². The van der Waals surface area contributed by atoms with Crippen LogP contribution in [0.5, 0.6) is 0 Å². The zero-order chi connectivity index (χ0) is 30.2. The van der Waals surface area contributed by atoms with Gasteiger partial charge in [-0.2, -0.15) is 0 Å². The molecule has 8 aromatic rings. The maximum atomic E-state index is 5.21. The van der Waals surface area contributed by atoms with Gasteiger partial charge in [0.15, 0.2) is 8.07 Å². The average Bonchev–Trinajstić information content (AvgIpc) is 3.44. The molecule has 0 bridgehead atoms. The number of nitrogens with zero attached hydrogens (tertiary/aromatic N) is 3. The molecule has 0 radical (unpaired) electrons. The van der Waals surface area contributed by atoms with Gasteiger partial charge in [0.2, 0.25) is 5.95 Å². The Hall–Kier alpha value is -5.10. The summed E-state index contributed by atoms with van der Waals surface area (Å²) in [6.45, 7) is 0. The molecule has 0 N–H and O–H groups in total. The van der Waals surface area contributed by atoms with Crippen LogP contribution in [0.1, 0.15) is 0 Å². The number of hydrogen-bond acceptors (Lipinski definition) is 2. The fraction of sp³-hybridized carbons (Fsp3) is 0. The lowest BCUT2D eigenvalue weighted by Crippen LogP contribution is -2.74. The fourth-order valence-corrected chi connectivity index (χ4v) is 11.9. The highest BCUT2D eigenvalue weighted by Gasteiger charge is 2.41. The summed E-state index contributed by atoms with van der Waals surface area (Å²) >= 11 is 3.66. The second kappa shape index (κ2) is 11.4. The summed E-state index contributed by atoms with van der Waals surface area (Å²) in [6.07, 6.45) is 1.88. The molecule has 5 heteroatoms. The normalized spacial score (nSPS) is 11.7. The standard InChI is InChI=1S/C40H28BrN3Si/c41-30-23-24-39-36(28-30)35-21-10-11-22-38(35)44(39)40-42-26-25-37(43-40)29-13-12-20-34(27-29)45(31-14-4-1-5-15-31,32-16-6-2-7-17-32)33-18-8-3-9-19-33/h1-28H. The number of hydrogen-bond donors (Lipinski definition) is 0. The molecule has 2 heterocycles. The van der Waals surface area contributed by atoms with Crippen molar-refractivity contribution in [3.05, 3.63) is 174 Å². The number of rotatable bonds is 6. The third kappa shape index (κ3) is 4.63. The maximum absolute atomic E-state index is 5.21. The first-order chi connectivity index (χ1) is 22.2. The first-order valence-corrected chi connectivity index (χ1v) is 17.8. The number of benzene rings is 6. The van der Waals surface area contributed by atoms with E-state index < -0.39 is 8.07 Å². The van der Waals surface area contributed by atoms with E-state index in [1.165, 1.54) is 31.5 Å². The zero-order valence-electron chi connectivity index (χ0n) is 24.4. The van der Waals surface area contributed by atoms with Crippen molar-refractivity contribution in [1.29, 1.82) is 0 Å². The Labute approximate surface area is 271 Å². The second-order valence-electron chi connectivity index (χ2n) is 11.2. The molecular weight excluding hydrogens is 630 g/mol. The Balaban J connectivity index is 1.34. The van der Waals surface area contributed by atoms with E-state index in [2.05, 4.69) is 178 Å². The number of para-hydroxylation sites is 1. The summed E-state index contributed by atoms with van der Waals surface area (Å²) in [5.74, 6) is 0.657. The minimum atomic E-state index is -2.66. The molecule has 214 valence electrons. The summed E-state index contributed by atoms with van der Waals surface area (Å²) in [4.78, 5) is 10.00. The van der Waals surface area contributed by atoms with E-state index >= 15 is 0 Å². The first kappa shape index (κ1) is 27.4. The van der Waals surface area contributed by atoms with Crippen molar-refractivity contribution in [1.82, 2.24) is 14.5 Å². The summed E-state index contributed by atoms with van der Waals surface area (Å²) in [6, 6.07) is 58.9. The molecule has 8 rings (SSSR count). The van der Waals surface area contributed by atoms with E-state index in [0.29, 0.717) is 5.95 Å². The maximum Gasteiger partial charge on any atom is 0.235 e. The molecule has 0 fully saturated rings. The van der Waals surface area contributed by atoms with Crippen molar-refractivity contribution in [3.63, 3.8) is 0 Å². The summed E-state index contributed by atoms with van der Waals surface area (Å²) in [5.41, 5.74) is 4.12. The molecule has 6 aromatic carbocycles. The predicted octanol–water partition coefficient (Wildman–Crippen LogP) is 7.38. The summed E-state index contributed by atoms with van der Waals surface area (Å²) in [7, 11) is -2.66. The highest BCUT2D eigenvalue weighted by molar-refractivity contribution is 9.10. The van der Waals surface area contributed by atoms with Gasteiger partial charge in [0.25, 0.3) is 0 Å². The Morgan fingerprint density at radius 3 is 1.73 bits per heavy atom. The lowest BCUT2D eigenvalue weighted by molar-refractivity contribution is 0.992. The SMILES string of the molecule is Brc1ccc2c(c1)c1ccccc1n2-c1nccc(-c2cccc([Si](c3ccccc3)(c3ccccc3)c3ccccc3)c2)n1. The quantitative estimate of drug-likeness (QED) is 0.138. The van der Waals surface area contributed by atoms with E-state index in [0.717, 1.165) is 26.8 Å². The van der Waals surface area contributed by atoms with Crippen LogP contribution in [0.2, 0.25) is 0 Å². The Morgan fingerprint density at radius 2 is 1.07 bits per heavy atom. The molecule has 0 amide bonds. The summed E-state index contributed by atoms with van der Waals surface area (Å²) in [5, 5.41) is 7.69. The lowest BCUT2D eigenvalue weighted by atomic mass is 10.1. The van der Waals surface area contributed by atoms with Crippen molar-refractivity contribution in [2.75, 3.05) is 0 Å². The molecule has 0 atom stereocenters. The minimum absolute atomic E-state index is 0.657. The van der Waals surface area contributed by atoms with Crippen LogP contribution in [0, 0.1) is 0 Å². The predicted molar refractivity (Wildman–Crippen MR) is 193 cm³/mol. The van der Waals surface area contributed by atoms with Crippen molar-refractivity contribution in [2.24, 2.45) is 0 Å². The third-order valence-electron chi connectivity index (χ3n) is 8.69. The van der Waals surface area contributed by atoms with Crippen molar-refractivity contribution >= 4 is 66.6 Å². The van der Waals surface area contributed by atoms with Gasteiger partial charge >= 0.3 is 0 Å². The van der Waals surface area contributed by atoms with Crippen molar-refractivity contribution in [3.8, 4) is 17.2 Å². The van der Waals surface area contributed by atoms with Crippen LogP contribution in [0.15, 0.2) is 174 Å². The van der Waals surface area contributed by atoms with Crippen molar-refractivity contribution < 1.29 is 0 Å². The molecule has 0 saturated carbocycles. The molecule has 45 heavy (non-hydrogen) atoms. The molecule has 3 nitrogen and oxygen atoms in total. The molecule has 0 saturated heterocycles. The van der Waals surface area contributed by atoms with Gasteiger partial charge in [-0.15, -0.1) is 0 Å². The van der Waals surface area contributed by atoms with Crippen LogP contribution >= 0.6 is 15.9 Å². The van der Waals surface area contributed by atoms with Gasteiger partial charge in [-0.25, -0.2) is 9.97 Å². The summed E-state index contributed by atoms with van der Waals surface area (Å²) < 4.78 is 3.22. The Bertz CT molecular complexity index is 2190. The molecular formula is C40H28BrN3Si. The van der Waals surface area contributed by atoms with Gasteiger partial charge < -0.3 is 0 Å². The first-order valence-electron chi connectivity index (χ1n) is 15.0. The van der Waals surface area contributed by atoms with Gasteiger partial charge in [0, 0.05) is 27.0 Å². The van der Waals surface area contributed by atoms with Crippen molar-refractivity contribution in [2.45, 2.75) is 0 Å². The van der Waals surface area contributed by atoms with Gasteiger partial charge in [-0.1, -0.05) is 149 Å². The van der Waals surface area contributed by atoms with Gasteiger partial charge in [0.1, 0.15) is 0 Å². The zero-order valence-corrected chi connectivity index (χ0v) is 27.0. The Morgan fingerprint density at radius 1 is 0.489 bits per heavy atom. The van der Waals surface area contributed by atoms with E-state index in [1.54, 1.807) is 0 Å². The second-order valence-corrected chi connectivity index (χ2v) is 15.9. The molecule has 0 aliphatic heterocycles. The molecule has 0 aliphatic carbocycles. The van der Waals surface area contributed by atoms with Gasteiger partial charge in [0.05, 0.1) is 16.7 Å². The third-order valence-corrected chi connectivity index (χ3v) is 14.0. The Kier molecular flexibility index (Phi) is 6.97. The van der Waals surface area contributed by atoms with Crippen LogP contribution in [-0.4, -0.2) is 22.6 Å². The number of halogens is 1. The molecule has 0 unspecified atom stereocenters. The fourth-order valence-electron chi connectivity index (χ4n) is 6.75. The highest BCUT2D eigenvalue weighted by Crippen LogP contribution is 2.33. The monoisotopic (exact) mass is 657 g/mol. The van der Waals surface area contributed by atoms with E-state index in [4.69, 9.17) is 9.97 Å². The van der Waals surface area contributed by atoms with Crippen LogP contribution in [-0.2, 0) is 0 Å². The highest BCUT2D eigenvalue weighted by atomic mass is 79.9. The lowest BCUT2D eigenvalue weighted by Gasteiger charge is -2.34. The smallest absolute Gasteiger partial charge is 0.235 e. The largest absolute Gasteiger partial charge is 0.278 e. The molecule has 0 aliphatic rings. The molecule has 0 spiro atoms. The van der Waals surface area contributed by atoms with E-state index in [1.807, 2.05) is 12.3 Å². The van der Waals surface area contributed by atoms with Crippen LogP contribution in [0.4, 0.5) is 0 Å². The topological polar surface area (TPSA) is 30.7 Å². The van der Waals surface area contributed by atoms with E-state index in [-0.39, 0.29) is 0 Å². The van der Waals surface area contributed by atoms with Gasteiger partial charge in [-0.05, 0) is 51.1 Å². The van der Waals surface area contributed by atoms with Crippen LogP contribution < -0.4 is 20.7 Å². The average molecular weight is 659 g/mol. The van der Waals surface area contributed by atoms with Crippen LogP contribution in [0.25, 0.3) is 39.0 Å². The number of aromatic nitrogens is 3. The van der Waals surface area contributed by atoms with Crippen LogP contribution in [0.3, 0.4) is 0 Å².